The first-order valence-corrected chi connectivity index (χ1v) is 14.8. The number of β-lactam (4-membered cyclic amide) rings is 1. The molecule has 7 atom stereocenters. The predicted octanol–water partition coefficient (Wildman–Crippen LogP) is 2.23. The summed E-state index contributed by atoms with van der Waals surface area (Å²) in [5, 5.41) is 30.8. The number of rotatable bonds is 12. The van der Waals surface area contributed by atoms with Gasteiger partial charge in [0.15, 0.2) is 0 Å². The van der Waals surface area contributed by atoms with E-state index in [0.717, 1.165) is 0 Å². The second-order valence-corrected chi connectivity index (χ2v) is 12.6. The molecule has 2 fully saturated rings. The Hall–Kier alpha value is -3.69. The number of nitro benzene ring substituents is 1. The molecule has 2 saturated heterocycles. The second kappa shape index (κ2) is 12.5. The number of hydrogen-bond donors (Lipinski definition) is 3. The van der Waals surface area contributed by atoms with E-state index in [9.17, 15) is 39.5 Å². The lowest BCUT2D eigenvalue weighted by atomic mass is 9.79. The quantitative estimate of drug-likeness (QED) is 0.176. The molecule has 0 aromatic heterocycles. The highest BCUT2D eigenvalue weighted by atomic mass is 32.2. The Bertz CT molecular complexity index is 1340. The maximum Gasteiger partial charge on any atom is 0.410 e. The first-order valence-electron chi connectivity index (χ1n) is 14.0. The van der Waals surface area contributed by atoms with Gasteiger partial charge >= 0.3 is 12.1 Å². The van der Waals surface area contributed by atoms with E-state index in [2.05, 4.69) is 0 Å². The molecule has 3 heterocycles. The molecule has 43 heavy (non-hydrogen) atoms. The monoisotopic (exact) mass is 620 g/mol. The predicted molar refractivity (Wildman–Crippen MR) is 153 cm³/mol. The van der Waals surface area contributed by atoms with Gasteiger partial charge in [-0.05, 0) is 44.4 Å². The van der Waals surface area contributed by atoms with Crippen LogP contribution in [-0.2, 0) is 30.5 Å². The highest BCUT2D eigenvalue weighted by molar-refractivity contribution is 8.03. The third-order valence-corrected chi connectivity index (χ3v) is 10.0. The zero-order chi connectivity index (χ0) is 31.8. The van der Waals surface area contributed by atoms with Crippen LogP contribution in [0.4, 0.5) is 10.5 Å². The summed E-state index contributed by atoms with van der Waals surface area (Å²) in [5.74, 6) is -3.36. The molecule has 14 nitrogen and oxygen atoms in total. The Labute approximate surface area is 252 Å². The smallest absolute Gasteiger partial charge is 0.410 e. The molecule has 3 aliphatic heterocycles. The third-order valence-electron chi connectivity index (χ3n) is 8.51. The minimum absolute atomic E-state index is 0.0330. The van der Waals surface area contributed by atoms with Crippen molar-refractivity contribution in [3.8, 4) is 0 Å². The average Bonchev–Trinajstić information content (AvgIpc) is 3.47. The second-order valence-electron chi connectivity index (χ2n) is 11.3. The highest BCUT2D eigenvalue weighted by Crippen LogP contribution is 2.52. The Kier molecular flexibility index (Phi) is 9.37. The Balaban J connectivity index is 1.52. The first kappa shape index (κ1) is 32.2. The van der Waals surface area contributed by atoms with Crippen molar-refractivity contribution in [2.75, 3.05) is 13.2 Å². The van der Waals surface area contributed by atoms with E-state index in [1.165, 1.54) is 52.8 Å². The van der Waals surface area contributed by atoms with Crippen molar-refractivity contribution < 1.29 is 43.8 Å². The lowest BCUT2D eigenvalue weighted by Crippen LogP contribution is -2.63. The SMILES string of the molecule is CCC(C)(OC[C@@H]1C[C@H](SC2=C(C(=O)O)N3C(=O)[C@H]([C@@H](C)O)[C@H]3[C@H]2C)CN1C(=O)OCc1ccc([N+](=O)[O-])cc1)C(N)=O. The Morgan fingerprint density at radius 3 is 2.47 bits per heavy atom. The molecule has 4 N–H and O–H groups in total. The summed E-state index contributed by atoms with van der Waals surface area (Å²) in [6.07, 6.45) is -0.924. The van der Waals surface area contributed by atoms with Gasteiger partial charge in [0.1, 0.15) is 17.9 Å². The number of carbonyl (C=O) groups excluding carboxylic acids is 3. The number of ether oxygens (including phenoxy) is 2. The molecule has 15 heteroatoms. The fourth-order valence-corrected chi connectivity index (χ4v) is 7.33. The van der Waals surface area contributed by atoms with Gasteiger partial charge in [0.2, 0.25) is 11.8 Å². The molecule has 234 valence electrons. The number of nitrogens with zero attached hydrogens (tertiary/aromatic N) is 3. The van der Waals surface area contributed by atoms with Crippen LogP contribution in [-0.4, -0.2) is 91.0 Å². The average molecular weight is 621 g/mol. The van der Waals surface area contributed by atoms with Crippen LogP contribution in [0.25, 0.3) is 0 Å². The lowest BCUT2D eigenvalue weighted by Gasteiger charge is -2.46. The van der Waals surface area contributed by atoms with Crippen molar-refractivity contribution >= 4 is 41.3 Å². The fraction of sp³-hybridized carbons (Fsp3) is 0.571. The van der Waals surface area contributed by atoms with Crippen LogP contribution in [0.1, 0.15) is 46.1 Å². The number of fused-ring (bicyclic) bond motifs is 1. The maximum absolute atomic E-state index is 13.3. The summed E-state index contributed by atoms with van der Waals surface area (Å²) in [5.41, 5.74) is 4.62. The summed E-state index contributed by atoms with van der Waals surface area (Å²) >= 11 is 1.27. The van der Waals surface area contributed by atoms with E-state index in [4.69, 9.17) is 15.2 Å². The van der Waals surface area contributed by atoms with Gasteiger partial charge in [0.05, 0.1) is 35.6 Å². The Morgan fingerprint density at radius 1 is 1.28 bits per heavy atom. The number of aliphatic carboxylic acids is 1. The number of nitrogens with two attached hydrogens (primary N) is 1. The number of nitro groups is 1. The number of amides is 3. The van der Waals surface area contributed by atoms with Crippen LogP contribution in [0.5, 0.6) is 0 Å². The molecule has 0 aliphatic carbocycles. The van der Waals surface area contributed by atoms with Crippen molar-refractivity contribution in [3.05, 3.63) is 50.5 Å². The molecule has 1 aromatic carbocycles. The van der Waals surface area contributed by atoms with E-state index < -0.39 is 58.5 Å². The topological polar surface area (TPSA) is 203 Å². The number of non-ortho nitro benzene ring substituents is 1. The molecular weight excluding hydrogens is 584 g/mol. The van der Waals surface area contributed by atoms with Crippen molar-refractivity contribution in [1.29, 1.82) is 0 Å². The summed E-state index contributed by atoms with van der Waals surface area (Å²) in [6, 6.07) is 4.59. The number of likely N-dealkylation sites (tertiary alicyclic amines) is 1. The molecule has 3 aliphatic rings. The van der Waals surface area contributed by atoms with Crippen LogP contribution >= 0.6 is 11.8 Å². The van der Waals surface area contributed by atoms with Gasteiger partial charge in [0, 0.05) is 34.8 Å². The number of aliphatic hydroxyl groups is 1. The van der Waals surface area contributed by atoms with Gasteiger partial charge in [-0.3, -0.25) is 19.7 Å². The molecule has 3 amide bonds. The van der Waals surface area contributed by atoms with E-state index in [1.54, 1.807) is 13.8 Å². The summed E-state index contributed by atoms with van der Waals surface area (Å²) < 4.78 is 11.4. The molecule has 0 radical (unpaired) electrons. The highest BCUT2D eigenvalue weighted by Gasteiger charge is 2.60. The molecule has 0 spiro atoms. The van der Waals surface area contributed by atoms with Gasteiger partial charge in [0.25, 0.3) is 5.69 Å². The standard InChI is InChI=1S/C28H36N4O10S/c1-5-28(4,26(29)37)42-13-18-10-19(11-30(18)27(38)41-12-16-6-8-17(9-7-16)32(39)40)43-23-14(2)21-20(15(3)33)24(34)31(21)22(23)25(35)36/h6-9,14-15,18-21,33H,5,10-13H2,1-4H3,(H2,29,37)(H,35,36)/t14-,15-,18+,19+,20-,21-,28?/m1/s1. The lowest BCUT2D eigenvalue weighted by molar-refractivity contribution is -0.384. The number of carboxylic acids is 1. The van der Waals surface area contributed by atoms with Gasteiger partial charge < -0.3 is 35.2 Å². The number of carboxylic acid groups (broad SMARTS) is 1. The number of primary amides is 1. The summed E-state index contributed by atoms with van der Waals surface area (Å²) in [7, 11) is 0. The minimum atomic E-state index is -1.26. The van der Waals surface area contributed by atoms with Crippen LogP contribution in [0.3, 0.4) is 0 Å². The molecule has 4 rings (SSSR count). The molecular formula is C28H36N4O10S. The van der Waals surface area contributed by atoms with Crippen LogP contribution < -0.4 is 5.73 Å². The van der Waals surface area contributed by atoms with E-state index in [-0.39, 0.29) is 42.3 Å². The number of aliphatic hydroxyl groups excluding tert-OH is 1. The number of benzene rings is 1. The van der Waals surface area contributed by atoms with E-state index in [1.807, 2.05) is 6.92 Å². The fourth-order valence-electron chi connectivity index (χ4n) is 5.77. The Morgan fingerprint density at radius 2 is 1.93 bits per heavy atom. The largest absolute Gasteiger partial charge is 0.477 e. The minimum Gasteiger partial charge on any atom is -0.477 e. The zero-order valence-electron chi connectivity index (χ0n) is 24.3. The van der Waals surface area contributed by atoms with Crippen LogP contribution in [0, 0.1) is 22.0 Å². The van der Waals surface area contributed by atoms with E-state index in [0.29, 0.717) is 23.3 Å². The molecule has 0 bridgehead atoms. The zero-order valence-corrected chi connectivity index (χ0v) is 25.1. The van der Waals surface area contributed by atoms with Crippen molar-refractivity contribution in [1.82, 2.24) is 9.80 Å². The normalized spacial score (nSPS) is 26.9. The van der Waals surface area contributed by atoms with Gasteiger partial charge in [-0.2, -0.15) is 0 Å². The maximum atomic E-state index is 13.3. The van der Waals surface area contributed by atoms with Crippen molar-refractivity contribution in [3.63, 3.8) is 0 Å². The van der Waals surface area contributed by atoms with Gasteiger partial charge in [-0.25, -0.2) is 9.59 Å². The number of hydrogen-bond acceptors (Lipinski definition) is 10. The number of thioether (sulfide) groups is 1. The first-order chi connectivity index (χ1) is 20.2. The summed E-state index contributed by atoms with van der Waals surface area (Å²) in [4.78, 5) is 63.9. The van der Waals surface area contributed by atoms with Gasteiger partial charge in [-0.15, -0.1) is 11.8 Å². The molecule has 1 aromatic rings. The van der Waals surface area contributed by atoms with E-state index >= 15 is 0 Å². The summed E-state index contributed by atoms with van der Waals surface area (Å²) in [6.45, 7) is 6.64. The van der Waals surface area contributed by atoms with Gasteiger partial charge in [-0.1, -0.05) is 13.8 Å². The molecule has 1 unspecified atom stereocenters. The number of carbonyl (C=O) groups is 4. The van der Waals surface area contributed by atoms with Crippen LogP contribution in [0.2, 0.25) is 0 Å². The van der Waals surface area contributed by atoms with Crippen molar-refractivity contribution in [2.45, 2.75) is 76.2 Å². The van der Waals surface area contributed by atoms with Crippen LogP contribution in [0.15, 0.2) is 34.9 Å². The third kappa shape index (κ3) is 6.19. The van der Waals surface area contributed by atoms with Crippen molar-refractivity contribution in [2.24, 2.45) is 17.6 Å². The molecule has 0 saturated carbocycles.